The number of hydrogen-bond donors (Lipinski definition) is 1. The molecule has 0 saturated carbocycles. The predicted molar refractivity (Wildman–Crippen MR) is 62.9 cm³/mol. The van der Waals surface area contributed by atoms with E-state index in [1.54, 1.807) is 0 Å². The van der Waals surface area contributed by atoms with Gasteiger partial charge in [-0.1, -0.05) is 37.6 Å². The fourth-order valence-corrected chi connectivity index (χ4v) is 1.81. The fraction of sp³-hybridized carbons (Fsp3) is 0.500. The van der Waals surface area contributed by atoms with Gasteiger partial charge in [0.1, 0.15) is 0 Å². The number of halogens is 1. The fourth-order valence-electron chi connectivity index (χ4n) is 1.60. The molecular formula is C12H18ClN. The zero-order valence-electron chi connectivity index (χ0n) is 8.89. The van der Waals surface area contributed by atoms with Crippen LogP contribution < -0.4 is 5.32 Å². The minimum Gasteiger partial charge on any atom is -0.314 e. The Hall–Kier alpha value is -0.530. The lowest BCUT2D eigenvalue weighted by Gasteiger charge is -2.15. The molecule has 1 N–H and O–H groups in total. The third kappa shape index (κ3) is 3.69. The summed E-state index contributed by atoms with van der Waals surface area (Å²) in [6.45, 7) is 5.37. The van der Waals surface area contributed by atoms with Crippen LogP contribution in [0, 0.1) is 0 Å². The van der Waals surface area contributed by atoms with Crippen LogP contribution in [0.25, 0.3) is 0 Å². The highest BCUT2D eigenvalue weighted by atomic mass is 35.5. The molecule has 2 heteroatoms. The second-order valence-corrected chi connectivity index (χ2v) is 3.93. The van der Waals surface area contributed by atoms with Crippen molar-refractivity contribution in [1.29, 1.82) is 0 Å². The van der Waals surface area contributed by atoms with E-state index >= 15 is 0 Å². The van der Waals surface area contributed by atoms with Crippen molar-refractivity contribution in [2.24, 2.45) is 0 Å². The van der Waals surface area contributed by atoms with Gasteiger partial charge in [-0.3, -0.25) is 0 Å². The lowest BCUT2D eigenvalue weighted by atomic mass is 10.0. The summed E-state index contributed by atoms with van der Waals surface area (Å²) in [7, 11) is 0. The van der Waals surface area contributed by atoms with Gasteiger partial charge in [0.2, 0.25) is 0 Å². The molecule has 0 heterocycles. The molecule has 0 aromatic heterocycles. The van der Waals surface area contributed by atoms with Gasteiger partial charge in [0.05, 0.1) is 0 Å². The second-order valence-electron chi connectivity index (χ2n) is 3.50. The van der Waals surface area contributed by atoms with Crippen molar-refractivity contribution in [3.05, 3.63) is 34.9 Å². The minimum absolute atomic E-state index is 0.568. The standard InChI is InChI=1S/C12H18ClN/c1-3-12(14-4-2)9-10-6-5-7-11(13)8-10/h5-8,12,14H,3-4,9H2,1-2H3. The summed E-state index contributed by atoms with van der Waals surface area (Å²) >= 11 is 5.93. The zero-order valence-corrected chi connectivity index (χ0v) is 9.64. The van der Waals surface area contributed by atoms with E-state index < -0.39 is 0 Å². The highest BCUT2D eigenvalue weighted by Gasteiger charge is 2.05. The Morgan fingerprint density at radius 1 is 1.36 bits per heavy atom. The molecule has 0 spiro atoms. The quantitative estimate of drug-likeness (QED) is 0.789. The number of hydrogen-bond acceptors (Lipinski definition) is 1. The molecule has 0 fully saturated rings. The summed E-state index contributed by atoms with van der Waals surface area (Å²) in [5, 5.41) is 4.28. The first-order chi connectivity index (χ1) is 6.76. The normalized spacial score (nSPS) is 12.8. The Bertz CT molecular complexity index is 273. The van der Waals surface area contributed by atoms with Crippen LogP contribution >= 0.6 is 11.6 Å². The number of nitrogens with one attached hydrogen (secondary N) is 1. The number of rotatable bonds is 5. The maximum Gasteiger partial charge on any atom is 0.0408 e. The van der Waals surface area contributed by atoms with E-state index in [0.717, 1.165) is 24.4 Å². The predicted octanol–water partition coefficient (Wildman–Crippen LogP) is 3.27. The van der Waals surface area contributed by atoms with Gasteiger partial charge in [-0.05, 0) is 37.1 Å². The maximum absolute atomic E-state index is 5.93. The van der Waals surface area contributed by atoms with Crippen molar-refractivity contribution in [2.45, 2.75) is 32.7 Å². The molecule has 0 aliphatic carbocycles. The number of benzene rings is 1. The molecule has 0 bridgehead atoms. The molecular weight excluding hydrogens is 194 g/mol. The average Bonchev–Trinajstić information content (AvgIpc) is 2.17. The van der Waals surface area contributed by atoms with E-state index in [1.807, 2.05) is 18.2 Å². The lowest BCUT2D eigenvalue weighted by molar-refractivity contribution is 0.510. The molecule has 78 valence electrons. The van der Waals surface area contributed by atoms with E-state index in [0.29, 0.717) is 6.04 Å². The van der Waals surface area contributed by atoms with E-state index in [-0.39, 0.29) is 0 Å². The van der Waals surface area contributed by atoms with Crippen molar-refractivity contribution in [2.75, 3.05) is 6.54 Å². The van der Waals surface area contributed by atoms with E-state index in [4.69, 9.17) is 11.6 Å². The largest absolute Gasteiger partial charge is 0.314 e. The van der Waals surface area contributed by atoms with E-state index in [9.17, 15) is 0 Å². The molecule has 1 aromatic rings. The monoisotopic (exact) mass is 211 g/mol. The SMILES string of the molecule is CCNC(CC)Cc1cccc(Cl)c1. The Balaban J connectivity index is 2.57. The van der Waals surface area contributed by atoms with Crippen molar-refractivity contribution in [3.8, 4) is 0 Å². The Kier molecular flexibility index (Phi) is 4.99. The molecule has 1 rings (SSSR count). The molecule has 1 unspecified atom stereocenters. The molecule has 1 atom stereocenters. The van der Waals surface area contributed by atoms with Crippen molar-refractivity contribution in [3.63, 3.8) is 0 Å². The minimum atomic E-state index is 0.568. The summed E-state index contributed by atoms with van der Waals surface area (Å²) in [4.78, 5) is 0. The first kappa shape index (κ1) is 11.5. The van der Waals surface area contributed by atoms with Crippen LogP contribution in [0.5, 0.6) is 0 Å². The van der Waals surface area contributed by atoms with Gasteiger partial charge in [-0.15, -0.1) is 0 Å². The summed E-state index contributed by atoms with van der Waals surface area (Å²) in [5.74, 6) is 0. The van der Waals surface area contributed by atoms with Crippen LogP contribution in [0.1, 0.15) is 25.8 Å². The molecule has 14 heavy (non-hydrogen) atoms. The summed E-state index contributed by atoms with van der Waals surface area (Å²) in [5.41, 5.74) is 1.31. The van der Waals surface area contributed by atoms with Gasteiger partial charge in [-0.25, -0.2) is 0 Å². The van der Waals surface area contributed by atoms with Gasteiger partial charge in [0, 0.05) is 11.1 Å². The van der Waals surface area contributed by atoms with Gasteiger partial charge >= 0.3 is 0 Å². The molecule has 1 aromatic carbocycles. The topological polar surface area (TPSA) is 12.0 Å². The highest BCUT2D eigenvalue weighted by molar-refractivity contribution is 6.30. The van der Waals surface area contributed by atoms with E-state index in [2.05, 4.69) is 25.2 Å². The van der Waals surface area contributed by atoms with Gasteiger partial charge in [0.15, 0.2) is 0 Å². The molecule has 0 aliphatic heterocycles. The second kappa shape index (κ2) is 6.05. The Morgan fingerprint density at radius 2 is 2.14 bits per heavy atom. The molecule has 0 saturated heterocycles. The first-order valence-corrected chi connectivity index (χ1v) is 5.61. The summed E-state index contributed by atoms with van der Waals surface area (Å²) in [6, 6.07) is 8.67. The van der Waals surface area contributed by atoms with Crippen molar-refractivity contribution >= 4 is 11.6 Å². The Labute approximate surface area is 91.5 Å². The zero-order chi connectivity index (χ0) is 10.4. The van der Waals surface area contributed by atoms with Gasteiger partial charge in [0.25, 0.3) is 0 Å². The van der Waals surface area contributed by atoms with Gasteiger partial charge < -0.3 is 5.32 Å². The third-order valence-corrected chi connectivity index (χ3v) is 2.59. The van der Waals surface area contributed by atoms with Crippen LogP contribution in [0.3, 0.4) is 0 Å². The highest BCUT2D eigenvalue weighted by Crippen LogP contribution is 2.13. The van der Waals surface area contributed by atoms with Gasteiger partial charge in [-0.2, -0.15) is 0 Å². The van der Waals surface area contributed by atoms with Crippen LogP contribution in [0.4, 0.5) is 0 Å². The Morgan fingerprint density at radius 3 is 2.71 bits per heavy atom. The maximum atomic E-state index is 5.93. The third-order valence-electron chi connectivity index (χ3n) is 2.36. The summed E-state index contributed by atoms with van der Waals surface area (Å²) in [6.07, 6.45) is 2.21. The lowest BCUT2D eigenvalue weighted by Crippen LogP contribution is -2.30. The molecule has 0 radical (unpaired) electrons. The van der Waals surface area contributed by atoms with Crippen LogP contribution in [0.15, 0.2) is 24.3 Å². The first-order valence-electron chi connectivity index (χ1n) is 5.24. The number of likely N-dealkylation sites (N-methyl/N-ethyl adjacent to an activating group) is 1. The van der Waals surface area contributed by atoms with E-state index in [1.165, 1.54) is 5.56 Å². The van der Waals surface area contributed by atoms with Crippen LogP contribution in [0.2, 0.25) is 5.02 Å². The summed E-state index contributed by atoms with van der Waals surface area (Å²) < 4.78 is 0. The smallest absolute Gasteiger partial charge is 0.0408 e. The van der Waals surface area contributed by atoms with Crippen molar-refractivity contribution < 1.29 is 0 Å². The van der Waals surface area contributed by atoms with Crippen LogP contribution in [-0.4, -0.2) is 12.6 Å². The molecule has 1 nitrogen and oxygen atoms in total. The molecule has 0 aliphatic rings. The van der Waals surface area contributed by atoms with Crippen molar-refractivity contribution in [1.82, 2.24) is 5.32 Å². The average molecular weight is 212 g/mol. The van der Waals surface area contributed by atoms with Crippen LogP contribution in [-0.2, 0) is 6.42 Å². The molecule has 0 amide bonds.